The van der Waals surface area contributed by atoms with Crippen molar-refractivity contribution >= 4 is 5.96 Å². The summed E-state index contributed by atoms with van der Waals surface area (Å²) in [6.07, 6.45) is 2.41. The highest BCUT2D eigenvalue weighted by Crippen LogP contribution is 2.13. The number of hydrogen-bond acceptors (Lipinski definition) is 4. The molecule has 17 heavy (non-hydrogen) atoms. The maximum Gasteiger partial charge on any atom is 0.208 e. The summed E-state index contributed by atoms with van der Waals surface area (Å²) in [5, 5.41) is 0. The Labute approximate surface area is 104 Å². The predicted octanol–water partition coefficient (Wildman–Crippen LogP) is -0.522. The molecule has 1 saturated heterocycles. The number of likely N-dealkylation sites (N-methyl/N-ethyl adjacent to an activating group) is 2. The van der Waals surface area contributed by atoms with E-state index in [-0.39, 0.29) is 0 Å². The van der Waals surface area contributed by atoms with Crippen LogP contribution in [0, 0.1) is 0 Å². The minimum atomic E-state index is 0.478. The highest BCUT2D eigenvalue weighted by molar-refractivity contribution is 5.79. The third-order valence-electron chi connectivity index (χ3n) is 3.17. The van der Waals surface area contributed by atoms with Crippen molar-refractivity contribution in [1.82, 2.24) is 15.2 Å². The van der Waals surface area contributed by atoms with Crippen LogP contribution in [0.3, 0.4) is 0 Å². The number of nitrogens with zero attached hydrogens (tertiary/aromatic N) is 3. The van der Waals surface area contributed by atoms with E-state index < -0.39 is 0 Å². The molecule has 6 heteroatoms. The molecule has 1 aliphatic rings. The summed E-state index contributed by atoms with van der Waals surface area (Å²) in [4.78, 5) is 8.87. The molecule has 0 spiro atoms. The fourth-order valence-electron chi connectivity index (χ4n) is 2.13. The van der Waals surface area contributed by atoms with E-state index in [1.54, 1.807) is 7.11 Å². The first-order valence-electron chi connectivity index (χ1n) is 6.10. The number of methoxy groups -OCH3 is 1. The molecule has 0 aliphatic carbocycles. The quantitative estimate of drug-likeness (QED) is 0.229. The van der Waals surface area contributed by atoms with E-state index in [2.05, 4.69) is 27.3 Å². The Morgan fingerprint density at radius 3 is 3.00 bits per heavy atom. The molecule has 1 heterocycles. The molecule has 0 aromatic rings. The van der Waals surface area contributed by atoms with Gasteiger partial charge >= 0.3 is 0 Å². The van der Waals surface area contributed by atoms with Crippen LogP contribution in [-0.4, -0.2) is 69.2 Å². The number of ether oxygens (including phenoxy) is 1. The van der Waals surface area contributed by atoms with Gasteiger partial charge in [-0.1, -0.05) is 0 Å². The Morgan fingerprint density at radius 1 is 1.65 bits per heavy atom. The Hall–Kier alpha value is -0.850. The number of hydrogen-bond donors (Lipinski definition) is 2. The number of nitrogens with one attached hydrogen (secondary N) is 1. The van der Waals surface area contributed by atoms with Gasteiger partial charge in [-0.25, -0.2) is 10.8 Å². The van der Waals surface area contributed by atoms with E-state index >= 15 is 0 Å². The van der Waals surface area contributed by atoms with E-state index in [0.29, 0.717) is 19.2 Å². The molecule has 1 fully saturated rings. The first-order valence-corrected chi connectivity index (χ1v) is 6.10. The van der Waals surface area contributed by atoms with Crippen LogP contribution in [0.5, 0.6) is 0 Å². The minimum absolute atomic E-state index is 0.478. The lowest BCUT2D eigenvalue weighted by atomic mass is 10.1. The van der Waals surface area contributed by atoms with Gasteiger partial charge in [-0.2, -0.15) is 0 Å². The van der Waals surface area contributed by atoms with Gasteiger partial charge in [0.15, 0.2) is 0 Å². The summed E-state index contributed by atoms with van der Waals surface area (Å²) in [5.41, 5.74) is 2.67. The van der Waals surface area contributed by atoms with Crippen LogP contribution in [0.15, 0.2) is 4.99 Å². The van der Waals surface area contributed by atoms with Crippen molar-refractivity contribution < 1.29 is 4.74 Å². The Kier molecular flexibility index (Phi) is 6.25. The van der Waals surface area contributed by atoms with Gasteiger partial charge in [0.1, 0.15) is 0 Å². The first kappa shape index (κ1) is 14.2. The summed E-state index contributed by atoms with van der Waals surface area (Å²) in [6.45, 7) is 3.48. The van der Waals surface area contributed by atoms with Gasteiger partial charge in [0.05, 0.1) is 13.2 Å². The second-order valence-electron chi connectivity index (χ2n) is 4.51. The topological polar surface area (TPSA) is 66.1 Å². The van der Waals surface area contributed by atoms with Crippen molar-refractivity contribution in [2.75, 3.05) is 47.4 Å². The zero-order valence-electron chi connectivity index (χ0n) is 11.1. The van der Waals surface area contributed by atoms with E-state index in [9.17, 15) is 0 Å². The molecule has 6 nitrogen and oxygen atoms in total. The molecule has 100 valence electrons. The maximum atomic E-state index is 5.52. The standard InChI is InChI=1S/C11H25N5O/c1-15-7-4-5-10(9-15)16(2)11(14-12)13-6-8-17-3/h10H,4-9,12H2,1-3H3,(H,13,14). The minimum Gasteiger partial charge on any atom is -0.383 e. The number of guanidine groups is 1. The van der Waals surface area contributed by atoms with Crippen molar-refractivity contribution in [2.45, 2.75) is 18.9 Å². The van der Waals surface area contributed by atoms with Crippen LogP contribution in [0.25, 0.3) is 0 Å². The molecule has 0 saturated carbocycles. The number of likely N-dealkylation sites (tertiary alicyclic amines) is 1. The van der Waals surface area contributed by atoms with Gasteiger partial charge in [-0.15, -0.1) is 0 Å². The molecular formula is C11H25N5O. The van der Waals surface area contributed by atoms with Gasteiger partial charge < -0.3 is 14.5 Å². The molecule has 0 aromatic heterocycles. The monoisotopic (exact) mass is 243 g/mol. The molecule has 0 radical (unpaired) electrons. The molecule has 1 atom stereocenters. The molecule has 0 bridgehead atoms. The SMILES string of the molecule is COCCN=C(NN)N(C)C1CCCN(C)C1. The molecule has 0 aromatic carbocycles. The van der Waals surface area contributed by atoms with Crippen LogP contribution in [0.1, 0.15) is 12.8 Å². The van der Waals surface area contributed by atoms with Crippen LogP contribution in [0.2, 0.25) is 0 Å². The Balaban J connectivity index is 2.52. The van der Waals surface area contributed by atoms with Crippen LogP contribution in [0.4, 0.5) is 0 Å². The number of nitrogens with two attached hydrogens (primary N) is 1. The van der Waals surface area contributed by atoms with Crippen molar-refractivity contribution in [1.29, 1.82) is 0 Å². The van der Waals surface area contributed by atoms with Crippen molar-refractivity contribution in [3.63, 3.8) is 0 Å². The molecule has 1 rings (SSSR count). The van der Waals surface area contributed by atoms with Crippen LogP contribution in [-0.2, 0) is 4.74 Å². The molecular weight excluding hydrogens is 218 g/mol. The second-order valence-corrected chi connectivity index (χ2v) is 4.51. The Morgan fingerprint density at radius 2 is 2.41 bits per heavy atom. The van der Waals surface area contributed by atoms with Crippen molar-refractivity contribution in [3.8, 4) is 0 Å². The van der Waals surface area contributed by atoms with Crippen molar-refractivity contribution in [3.05, 3.63) is 0 Å². The lowest BCUT2D eigenvalue weighted by molar-refractivity contribution is 0.178. The number of piperidine rings is 1. The predicted molar refractivity (Wildman–Crippen MR) is 69.8 cm³/mol. The van der Waals surface area contributed by atoms with Crippen LogP contribution < -0.4 is 11.3 Å². The van der Waals surface area contributed by atoms with E-state index in [1.165, 1.54) is 19.4 Å². The third-order valence-corrected chi connectivity index (χ3v) is 3.17. The summed E-state index contributed by atoms with van der Waals surface area (Å²) >= 11 is 0. The van der Waals surface area contributed by atoms with Crippen molar-refractivity contribution in [2.24, 2.45) is 10.8 Å². The summed E-state index contributed by atoms with van der Waals surface area (Å²) in [7, 11) is 5.86. The average Bonchev–Trinajstić information content (AvgIpc) is 2.34. The largest absolute Gasteiger partial charge is 0.383 e. The number of hydrazine groups is 1. The summed E-state index contributed by atoms with van der Waals surface area (Å²) < 4.78 is 4.98. The van der Waals surface area contributed by atoms with Gasteiger partial charge in [-0.05, 0) is 26.4 Å². The normalized spacial score (nSPS) is 22.6. The first-order chi connectivity index (χ1) is 8.19. The lowest BCUT2D eigenvalue weighted by Crippen LogP contribution is -2.52. The average molecular weight is 243 g/mol. The molecule has 3 N–H and O–H groups in total. The molecule has 0 amide bonds. The Bertz CT molecular complexity index is 246. The van der Waals surface area contributed by atoms with E-state index in [4.69, 9.17) is 10.6 Å². The molecule has 1 aliphatic heterocycles. The van der Waals surface area contributed by atoms with Gasteiger partial charge in [-0.3, -0.25) is 5.43 Å². The van der Waals surface area contributed by atoms with Gasteiger partial charge in [0.25, 0.3) is 0 Å². The second kappa shape index (κ2) is 7.47. The zero-order chi connectivity index (χ0) is 12.7. The highest BCUT2D eigenvalue weighted by Gasteiger charge is 2.22. The van der Waals surface area contributed by atoms with Crippen LogP contribution >= 0.6 is 0 Å². The molecule has 1 unspecified atom stereocenters. The maximum absolute atomic E-state index is 5.52. The smallest absolute Gasteiger partial charge is 0.208 e. The fraction of sp³-hybridized carbons (Fsp3) is 0.909. The summed E-state index contributed by atoms with van der Waals surface area (Å²) in [5.74, 6) is 6.26. The zero-order valence-corrected chi connectivity index (χ0v) is 11.1. The summed E-state index contributed by atoms with van der Waals surface area (Å²) in [6, 6.07) is 0.478. The fourth-order valence-corrected chi connectivity index (χ4v) is 2.13. The third kappa shape index (κ3) is 4.49. The van der Waals surface area contributed by atoms with E-state index in [1.807, 2.05) is 7.05 Å². The number of aliphatic imine (C=N–C) groups is 1. The highest BCUT2D eigenvalue weighted by atomic mass is 16.5. The number of rotatable bonds is 4. The van der Waals surface area contributed by atoms with Gasteiger partial charge in [0.2, 0.25) is 5.96 Å². The van der Waals surface area contributed by atoms with E-state index in [0.717, 1.165) is 12.5 Å². The van der Waals surface area contributed by atoms with Gasteiger partial charge in [0, 0.05) is 26.7 Å². The lowest BCUT2D eigenvalue weighted by Gasteiger charge is -2.37.